The molecule has 0 bridgehead atoms. The lowest BCUT2D eigenvalue weighted by Gasteiger charge is -2.23. The molecule has 5 heteroatoms. The van der Waals surface area contributed by atoms with Gasteiger partial charge in [0.2, 0.25) is 0 Å². The Hall–Kier alpha value is -1.36. The van der Waals surface area contributed by atoms with Gasteiger partial charge in [-0.3, -0.25) is 0 Å². The van der Waals surface area contributed by atoms with Gasteiger partial charge in [-0.2, -0.15) is 0 Å². The first-order chi connectivity index (χ1) is 7.60. The summed E-state index contributed by atoms with van der Waals surface area (Å²) in [6.07, 6.45) is 2.40. The number of hydrogen-bond acceptors (Lipinski definition) is 5. The van der Waals surface area contributed by atoms with Gasteiger partial charge in [0.25, 0.3) is 0 Å². The minimum atomic E-state index is 0.596. The summed E-state index contributed by atoms with van der Waals surface area (Å²) in [5.74, 6) is 7.70. The van der Waals surface area contributed by atoms with Gasteiger partial charge in [0.1, 0.15) is 18.0 Å². The third-order valence-electron chi connectivity index (χ3n) is 2.41. The third-order valence-corrected chi connectivity index (χ3v) is 2.41. The van der Waals surface area contributed by atoms with E-state index in [1.54, 1.807) is 6.33 Å². The third kappa shape index (κ3) is 2.82. The van der Waals surface area contributed by atoms with Gasteiger partial charge in [-0.15, -0.1) is 0 Å². The number of nitrogens with two attached hydrogens (primary N) is 1. The largest absolute Gasteiger partial charge is 0.359 e. The molecular formula is C11H21N5. The van der Waals surface area contributed by atoms with E-state index in [0.717, 1.165) is 24.3 Å². The van der Waals surface area contributed by atoms with Crippen LogP contribution in [0.15, 0.2) is 6.33 Å². The zero-order chi connectivity index (χ0) is 12.1. The number of nitrogens with one attached hydrogen (secondary N) is 1. The molecule has 1 heterocycles. The maximum absolute atomic E-state index is 5.44. The highest BCUT2D eigenvalue weighted by Gasteiger charge is 2.13. The summed E-state index contributed by atoms with van der Waals surface area (Å²) in [6.45, 7) is 7.41. The lowest BCUT2D eigenvalue weighted by molar-refractivity contribution is 0.632. The summed E-state index contributed by atoms with van der Waals surface area (Å²) in [4.78, 5) is 10.6. The van der Waals surface area contributed by atoms with Crippen LogP contribution in [-0.4, -0.2) is 23.6 Å². The second-order valence-electron chi connectivity index (χ2n) is 4.30. The van der Waals surface area contributed by atoms with Crippen LogP contribution in [0.3, 0.4) is 0 Å². The second-order valence-corrected chi connectivity index (χ2v) is 4.30. The van der Waals surface area contributed by atoms with Gasteiger partial charge >= 0.3 is 0 Å². The molecule has 0 aliphatic carbocycles. The van der Waals surface area contributed by atoms with Crippen molar-refractivity contribution in [3.8, 4) is 0 Å². The Morgan fingerprint density at radius 2 is 2.12 bits per heavy atom. The van der Waals surface area contributed by atoms with E-state index in [9.17, 15) is 0 Å². The molecule has 0 saturated heterocycles. The molecule has 90 valence electrons. The first kappa shape index (κ1) is 12.7. The van der Waals surface area contributed by atoms with Crippen LogP contribution >= 0.6 is 0 Å². The van der Waals surface area contributed by atoms with E-state index in [1.165, 1.54) is 0 Å². The van der Waals surface area contributed by atoms with Crippen molar-refractivity contribution >= 4 is 11.6 Å². The van der Waals surface area contributed by atoms with E-state index in [4.69, 9.17) is 5.84 Å². The van der Waals surface area contributed by atoms with Crippen LogP contribution in [0.5, 0.6) is 0 Å². The molecule has 0 amide bonds. The first-order valence-corrected chi connectivity index (χ1v) is 5.61. The molecule has 0 aromatic carbocycles. The normalized spacial score (nSPS) is 10.6. The van der Waals surface area contributed by atoms with Gasteiger partial charge in [0.15, 0.2) is 0 Å². The maximum atomic E-state index is 5.44. The second kappa shape index (κ2) is 5.65. The van der Waals surface area contributed by atoms with Crippen molar-refractivity contribution in [1.29, 1.82) is 0 Å². The monoisotopic (exact) mass is 223 g/mol. The van der Waals surface area contributed by atoms with Gasteiger partial charge < -0.3 is 10.3 Å². The molecule has 0 unspecified atom stereocenters. The Labute approximate surface area is 97.0 Å². The summed E-state index contributed by atoms with van der Waals surface area (Å²) >= 11 is 0. The van der Waals surface area contributed by atoms with Crippen molar-refractivity contribution in [2.45, 2.75) is 27.2 Å². The zero-order valence-corrected chi connectivity index (χ0v) is 10.5. The predicted octanol–water partition coefficient (Wildman–Crippen LogP) is 1.42. The van der Waals surface area contributed by atoms with Gasteiger partial charge in [-0.25, -0.2) is 15.8 Å². The van der Waals surface area contributed by atoms with Crippen molar-refractivity contribution < 1.29 is 0 Å². The summed E-state index contributed by atoms with van der Waals surface area (Å²) in [5, 5.41) is 0. The Morgan fingerprint density at radius 3 is 2.62 bits per heavy atom. The van der Waals surface area contributed by atoms with Crippen LogP contribution in [0.1, 0.15) is 26.3 Å². The fourth-order valence-corrected chi connectivity index (χ4v) is 1.82. The highest BCUT2D eigenvalue weighted by molar-refractivity contribution is 5.57. The summed E-state index contributed by atoms with van der Waals surface area (Å²) in [5.41, 5.74) is 3.68. The molecular weight excluding hydrogens is 202 g/mol. The maximum Gasteiger partial charge on any atom is 0.148 e. The Morgan fingerprint density at radius 1 is 1.44 bits per heavy atom. The molecule has 1 rings (SSSR count). The molecule has 3 N–H and O–H groups in total. The number of nitrogens with zero attached hydrogens (tertiary/aromatic N) is 3. The Balaban J connectivity index is 3.02. The smallest absolute Gasteiger partial charge is 0.148 e. The van der Waals surface area contributed by atoms with E-state index in [1.807, 2.05) is 7.05 Å². The van der Waals surface area contributed by atoms with Crippen LogP contribution in [0.4, 0.5) is 11.6 Å². The average molecular weight is 223 g/mol. The van der Waals surface area contributed by atoms with Crippen molar-refractivity contribution in [2.24, 2.45) is 11.8 Å². The van der Waals surface area contributed by atoms with Gasteiger partial charge in [-0.05, 0) is 12.3 Å². The molecule has 1 aromatic rings. The number of hydrogen-bond donors (Lipinski definition) is 2. The minimum Gasteiger partial charge on any atom is -0.359 e. The molecule has 1 aromatic heterocycles. The topological polar surface area (TPSA) is 67.1 Å². The van der Waals surface area contributed by atoms with E-state index in [0.29, 0.717) is 11.7 Å². The Bertz CT molecular complexity index is 337. The molecule has 0 spiro atoms. The molecule has 0 saturated carbocycles. The van der Waals surface area contributed by atoms with E-state index >= 15 is 0 Å². The molecule has 16 heavy (non-hydrogen) atoms. The number of anilines is 2. The Kier molecular flexibility index (Phi) is 4.49. The lowest BCUT2D eigenvalue weighted by atomic mass is 10.1. The zero-order valence-electron chi connectivity index (χ0n) is 10.5. The number of nitrogen functional groups attached to an aromatic ring is 1. The highest BCUT2D eigenvalue weighted by atomic mass is 15.3. The molecule has 0 atom stereocenters. The molecule has 5 nitrogen and oxygen atoms in total. The number of aromatic nitrogens is 2. The van der Waals surface area contributed by atoms with Crippen LogP contribution in [0, 0.1) is 5.92 Å². The lowest BCUT2D eigenvalue weighted by Crippen LogP contribution is -2.25. The quantitative estimate of drug-likeness (QED) is 0.583. The van der Waals surface area contributed by atoms with E-state index in [2.05, 4.69) is 41.1 Å². The summed E-state index contributed by atoms with van der Waals surface area (Å²) in [7, 11) is 2.04. The fourth-order valence-electron chi connectivity index (χ4n) is 1.82. The van der Waals surface area contributed by atoms with Gasteiger partial charge in [-0.1, -0.05) is 20.8 Å². The molecule has 0 radical (unpaired) electrons. The highest BCUT2D eigenvalue weighted by Crippen LogP contribution is 2.22. The number of hydrazine groups is 1. The average Bonchev–Trinajstić information content (AvgIpc) is 2.26. The van der Waals surface area contributed by atoms with Gasteiger partial charge in [0, 0.05) is 19.2 Å². The number of rotatable bonds is 5. The molecule has 0 aliphatic heterocycles. The SMILES string of the molecule is CCc1c(NN)ncnc1N(C)CC(C)C. The molecule has 0 fully saturated rings. The van der Waals surface area contributed by atoms with Crippen LogP contribution in [0.25, 0.3) is 0 Å². The van der Waals surface area contributed by atoms with E-state index in [-0.39, 0.29) is 0 Å². The van der Waals surface area contributed by atoms with Crippen molar-refractivity contribution in [2.75, 3.05) is 23.9 Å². The van der Waals surface area contributed by atoms with Crippen LogP contribution in [0.2, 0.25) is 0 Å². The summed E-state index contributed by atoms with van der Waals surface area (Å²) in [6, 6.07) is 0. The van der Waals surface area contributed by atoms with Crippen molar-refractivity contribution in [3.63, 3.8) is 0 Å². The molecule has 0 aliphatic rings. The standard InChI is InChI=1S/C11H21N5/c1-5-9-10(15-12)13-7-14-11(9)16(4)6-8(2)3/h7-8H,5-6,12H2,1-4H3,(H,13,14,15). The van der Waals surface area contributed by atoms with Crippen molar-refractivity contribution in [1.82, 2.24) is 9.97 Å². The van der Waals surface area contributed by atoms with Crippen LogP contribution in [-0.2, 0) is 6.42 Å². The van der Waals surface area contributed by atoms with Crippen LogP contribution < -0.4 is 16.2 Å². The fraction of sp³-hybridized carbons (Fsp3) is 0.636. The van der Waals surface area contributed by atoms with Gasteiger partial charge in [0.05, 0.1) is 0 Å². The van der Waals surface area contributed by atoms with E-state index < -0.39 is 0 Å². The first-order valence-electron chi connectivity index (χ1n) is 5.61. The predicted molar refractivity (Wildman–Crippen MR) is 67.3 cm³/mol. The van der Waals surface area contributed by atoms with Crippen molar-refractivity contribution in [3.05, 3.63) is 11.9 Å². The minimum absolute atomic E-state index is 0.596. The summed E-state index contributed by atoms with van der Waals surface area (Å²) < 4.78 is 0.